The molecule has 0 aromatic heterocycles. The van der Waals surface area contributed by atoms with Gasteiger partial charge in [0.2, 0.25) is 5.91 Å². The van der Waals surface area contributed by atoms with E-state index in [1.54, 1.807) is 0 Å². The van der Waals surface area contributed by atoms with Crippen molar-refractivity contribution in [3.8, 4) is 12.3 Å². The van der Waals surface area contributed by atoms with Gasteiger partial charge >= 0.3 is 5.97 Å². The molecule has 5 heteroatoms. The zero-order chi connectivity index (χ0) is 12.9. The van der Waals surface area contributed by atoms with Crippen LogP contribution in [0, 0.1) is 17.8 Å². The summed E-state index contributed by atoms with van der Waals surface area (Å²) in [6.07, 6.45) is 8.41. The molecule has 0 aliphatic heterocycles. The summed E-state index contributed by atoms with van der Waals surface area (Å²) < 4.78 is 0. The topological polar surface area (TPSA) is 92.4 Å². The molecule has 0 bridgehead atoms. The van der Waals surface area contributed by atoms with Crippen molar-refractivity contribution in [3.63, 3.8) is 0 Å². The molecule has 1 aliphatic carbocycles. The highest BCUT2D eigenvalue weighted by Gasteiger charge is 2.41. The van der Waals surface area contributed by atoms with E-state index in [0.717, 1.165) is 25.7 Å². The fourth-order valence-corrected chi connectivity index (χ4v) is 2.20. The van der Waals surface area contributed by atoms with Crippen molar-refractivity contribution in [1.82, 2.24) is 5.32 Å². The second-order valence-electron chi connectivity index (χ2n) is 4.46. The van der Waals surface area contributed by atoms with E-state index in [-0.39, 0.29) is 18.9 Å². The van der Waals surface area contributed by atoms with Gasteiger partial charge in [-0.25, -0.2) is 4.79 Å². The molecule has 1 unspecified atom stereocenters. The van der Waals surface area contributed by atoms with Gasteiger partial charge in [0.15, 0.2) is 0 Å². The van der Waals surface area contributed by atoms with Crippen molar-refractivity contribution in [2.75, 3.05) is 6.54 Å². The molecule has 1 rings (SSSR count). The number of hydrogen-bond donors (Lipinski definition) is 3. The molecule has 1 aliphatic rings. The van der Waals surface area contributed by atoms with Crippen molar-refractivity contribution in [2.45, 2.75) is 38.1 Å². The van der Waals surface area contributed by atoms with Crippen LogP contribution in [0.25, 0.3) is 0 Å². The molecule has 1 atom stereocenters. The van der Waals surface area contributed by atoms with Crippen molar-refractivity contribution in [1.29, 1.82) is 0 Å². The zero-order valence-corrected chi connectivity index (χ0v) is 9.74. The first-order valence-corrected chi connectivity index (χ1v) is 5.73. The number of carboxylic acid groups (broad SMARTS) is 1. The van der Waals surface area contributed by atoms with E-state index in [1.165, 1.54) is 0 Å². The van der Waals surface area contributed by atoms with E-state index in [0.29, 0.717) is 0 Å². The highest BCUT2D eigenvalue weighted by Crippen LogP contribution is 2.37. The number of carboxylic acids is 1. The van der Waals surface area contributed by atoms with Crippen LogP contribution in [0.1, 0.15) is 32.1 Å². The number of nitrogens with two attached hydrogens (primary N) is 1. The number of carbonyl (C=O) groups is 2. The first-order valence-electron chi connectivity index (χ1n) is 5.73. The van der Waals surface area contributed by atoms with Crippen LogP contribution in [-0.2, 0) is 9.59 Å². The second kappa shape index (κ2) is 5.69. The van der Waals surface area contributed by atoms with E-state index in [2.05, 4.69) is 11.2 Å². The second-order valence-corrected chi connectivity index (χ2v) is 4.46. The van der Waals surface area contributed by atoms with Gasteiger partial charge in [-0.15, -0.1) is 12.3 Å². The first kappa shape index (κ1) is 13.5. The van der Waals surface area contributed by atoms with Crippen LogP contribution in [-0.4, -0.2) is 29.6 Å². The molecule has 0 heterocycles. The summed E-state index contributed by atoms with van der Waals surface area (Å²) >= 11 is 0. The van der Waals surface area contributed by atoms with Gasteiger partial charge in [-0.3, -0.25) is 4.79 Å². The Morgan fingerprint density at radius 2 is 2.06 bits per heavy atom. The van der Waals surface area contributed by atoms with Gasteiger partial charge in [-0.05, 0) is 12.8 Å². The smallest absolute Gasteiger partial charge is 0.327 e. The largest absolute Gasteiger partial charge is 0.480 e. The fraction of sp³-hybridized carbons (Fsp3) is 0.667. The monoisotopic (exact) mass is 238 g/mol. The van der Waals surface area contributed by atoms with Gasteiger partial charge in [0.25, 0.3) is 0 Å². The molecule has 4 N–H and O–H groups in total. The third-order valence-corrected chi connectivity index (χ3v) is 3.36. The number of nitrogens with one attached hydrogen (secondary N) is 1. The van der Waals surface area contributed by atoms with Crippen LogP contribution < -0.4 is 11.1 Å². The summed E-state index contributed by atoms with van der Waals surface area (Å²) in [7, 11) is 0. The number of carbonyl (C=O) groups excluding carboxylic acids is 1. The Balaban J connectivity index is 2.69. The van der Waals surface area contributed by atoms with Gasteiger partial charge < -0.3 is 16.2 Å². The summed E-state index contributed by atoms with van der Waals surface area (Å²) in [6.45, 7) is 0.251. The van der Waals surface area contributed by atoms with Crippen LogP contribution in [0.4, 0.5) is 0 Å². The Morgan fingerprint density at radius 3 is 2.47 bits per heavy atom. The molecular weight excluding hydrogens is 220 g/mol. The number of amides is 1. The first-order chi connectivity index (χ1) is 8.05. The van der Waals surface area contributed by atoms with Gasteiger partial charge in [0, 0.05) is 13.0 Å². The summed E-state index contributed by atoms with van der Waals surface area (Å²) in [5.41, 5.74) is 5.05. The van der Waals surface area contributed by atoms with E-state index in [4.69, 9.17) is 17.3 Å². The van der Waals surface area contributed by atoms with Crippen molar-refractivity contribution < 1.29 is 14.7 Å². The predicted molar refractivity (Wildman–Crippen MR) is 63.0 cm³/mol. The van der Waals surface area contributed by atoms with Crippen LogP contribution in [0.2, 0.25) is 0 Å². The SMILES string of the molecule is C#CCC(NC(=O)C1(CN)CCCC1)C(=O)O. The van der Waals surface area contributed by atoms with Gasteiger partial charge in [-0.1, -0.05) is 12.8 Å². The Morgan fingerprint density at radius 1 is 1.47 bits per heavy atom. The number of terminal acetylenes is 1. The Bertz CT molecular complexity index is 340. The molecule has 0 aromatic rings. The predicted octanol–water partition coefficient (Wildman–Crippen LogP) is 0.0982. The average Bonchev–Trinajstić information content (AvgIpc) is 2.78. The highest BCUT2D eigenvalue weighted by atomic mass is 16.4. The lowest BCUT2D eigenvalue weighted by Gasteiger charge is -2.27. The molecule has 1 fully saturated rings. The fourth-order valence-electron chi connectivity index (χ4n) is 2.20. The molecule has 0 spiro atoms. The minimum Gasteiger partial charge on any atom is -0.480 e. The molecule has 1 amide bonds. The lowest BCUT2D eigenvalue weighted by atomic mass is 9.85. The van der Waals surface area contributed by atoms with E-state index >= 15 is 0 Å². The summed E-state index contributed by atoms with van der Waals surface area (Å²) in [6, 6.07) is -1.02. The average molecular weight is 238 g/mol. The van der Waals surface area contributed by atoms with Crippen molar-refractivity contribution >= 4 is 11.9 Å². The van der Waals surface area contributed by atoms with Crippen LogP contribution >= 0.6 is 0 Å². The summed E-state index contributed by atoms with van der Waals surface area (Å²) in [5.74, 6) is 0.861. The Labute approximate surface area is 101 Å². The molecule has 94 valence electrons. The highest BCUT2D eigenvalue weighted by molar-refractivity contribution is 5.88. The standard InChI is InChI=1S/C12H18N2O3/c1-2-5-9(10(15)16)14-11(17)12(8-13)6-3-4-7-12/h1,9H,3-8,13H2,(H,14,17)(H,15,16). The third-order valence-electron chi connectivity index (χ3n) is 3.36. The van der Waals surface area contributed by atoms with Crippen LogP contribution in [0.3, 0.4) is 0 Å². The molecule has 1 saturated carbocycles. The van der Waals surface area contributed by atoms with E-state index < -0.39 is 17.4 Å². The molecule has 0 aromatic carbocycles. The van der Waals surface area contributed by atoms with Gasteiger partial charge in [0.05, 0.1) is 5.41 Å². The normalized spacial score (nSPS) is 19.3. The molecular formula is C12H18N2O3. The maximum absolute atomic E-state index is 12.1. The number of rotatable bonds is 5. The lowest BCUT2D eigenvalue weighted by molar-refractivity contribution is -0.143. The van der Waals surface area contributed by atoms with Crippen molar-refractivity contribution in [3.05, 3.63) is 0 Å². The Kier molecular flexibility index (Phi) is 4.53. The van der Waals surface area contributed by atoms with Crippen LogP contribution in [0.15, 0.2) is 0 Å². The summed E-state index contributed by atoms with van der Waals surface area (Å²) in [4.78, 5) is 23.0. The minimum atomic E-state index is -1.11. The van der Waals surface area contributed by atoms with E-state index in [9.17, 15) is 9.59 Å². The quantitative estimate of drug-likeness (QED) is 0.592. The summed E-state index contributed by atoms with van der Waals surface area (Å²) in [5, 5.41) is 11.4. The van der Waals surface area contributed by atoms with Gasteiger partial charge in [-0.2, -0.15) is 0 Å². The Hall–Kier alpha value is -1.54. The minimum absolute atomic E-state index is 0.0122. The van der Waals surface area contributed by atoms with E-state index in [1.807, 2.05) is 0 Å². The zero-order valence-electron chi connectivity index (χ0n) is 9.74. The molecule has 0 radical (unpaired) electrons. The van der Waals surface area contributed by atoms with Crippen LogP contribution in [0.5, 0.6) is 0 Å². The number of aliphatic carboxylic acids is 1. The molecule has 0 saturated heterocycles. The maximum atomic E-state index is 12.1. The lowest BCUT2D eigenvalue weighted by Crippen LogP contribution is -2.50. The van der Waals surface area contributed by atoms with Crippen molar-refractivity contribution in [2.24, 2.45) is 11.1 Å². The number of hydrogen-bond acceptors (Lipinski definition) is 3. The van der Waals surface area contributed by atoms with Gasteiger partial charge in [0.1, 0.15) is 6.04 Å². The molecule has 17 heavy (non-hydrogen) atoms. The third kappa shape index (κ3) is 2.98. The molecule has 5 nitrogen and oxygen atoms in total. The maximum Gasteiger partial charge on any atom is 0.327 e.